The molecule has 1 amide bonds. The van der Waals surface area contributed by atoms with E-state index in [9.17, 15) is 19.8 Å². The van der Waals surface area contributed by atoms with Gasteiger partial charge < -0.3 is 39.7 Å². The summed E-state index contributed by atoms with van der Waals surface area (Å²) in [5.41, 5.74) is 2.35. The van der Waals surface area contributed by atoms with Crippen LogP contribution in [0.3, 0.4) is 0 Å². The molecule has 5 heterocycles. The molecule has 49 heavy (non-hydrogen) atoms. The lowest BCUT2D eigenvalue weighted by Crippen LogP contribution is -2.52. The second-order valence-electron chi connectivity index (χ2n) is 12.7. The number of nitrogens with one attached hydrogen (secondary N) is 3. The van der Waals surface area contributed by atoms with Crippen molar-refractivity contribution in [2.24, 2.45) is 5.92 Å². The van der Waals surface area contributed by atoms with Crippen molar-refractivity contribution < 1.29 is 28.9 Å². The zero-order chi connectivity index (χ0) is 33.7. The van der Waals surface area contributed by atoms with E-state index in [2.05, 4.69) is 20.5 Å². The molecule has 2 bridgehead atoms. The lowest BCUT2D eigenvalue weighted by molar-refractivity contribution is -0.0336. The fraction of sp³-hybridized carbons (Fsp3) is 0.316. The maximum absolute atomic E-state index is 13.2. The molecule has 0 radical (unpaired) electrons. The van der Waals surface area contributed by atoms with Gasteiger partial charge in [0.2, 0.25) is 5.56 Å². The third-order valence-corrected chi connectivity index (χ3v) is 9.44. The molecule has 0 spiro atoms. The molecule has 5 aromatic rings. The molecule has 0 saturated carbocycles. The predicted octanol–water partition coefficient (Wildman–Crippen LogP) is 5.14. The van der Waals surface area contributed by atoms with E-state index in [1.165, 1.54) is 12.1 Å². The standard InChI is InChI=1S/C38H40N4O7/c43-32-13-11-30(31-12-14-35(45)40-37(31)32)33(44)21-39-20-28-9-10-29(48-28)23-47-27-8-4-7-26(19-27)36(25-5-2-1-3-6-25)41-38(46)49-34-22-42-17-15-24(34)16-18-42/h1-14,19,24,33-34,36,39,43-44H,15-18,20-23H2,(H,40,45)(H,41,46)/t33?,34?,36-/m0/s1. The number of piperidine rings is 3. The smallest absolute Gasteiger partial charge is 0.408 e. The summed E-state index contributed by atoms with van der Waals surface area (Å²) in [7, 11) is 0. The van der Waals surface area contributed by atoms with Gasteiger partial charge in [-0.25, -0.2) is 4.79 Å². The van der Waals surface area contributed by atoms with E-state index in [-0.39, 0.29) is 30.6 Å². The summed E-state index contributed by atoms with van der Waals surface area (Å²) >= 11 is 0. The van der Waals surface area contributed by atoms with Crippen LogP contribution in [0.15, 0.2) is 100 Å². The van der Waals surface area contributed by atoms with Crippen molar-refractivity contribution in [1.29, 1.82) is 0 Å². The number of hydrogen-bond acceptors (Lipinski definition) is 9. The van der Waals surface area contributed by atoms with Crippen molar-refractivity contribution in [3.8, 4) is 11.5 Å². The number of ether oxygens (including phenoxy) is 2. The number of nitrogens with zero attached hydrogens (tertiary/aromatic N) is 1. The topological polar surface area (TPSA) is 149 Å². The molecule has 254 valence electrons. The Morgan fingerprint density at radius 2 is 1.76 bits per heavy atom. The van der Waals surface area contributed by atoms with Crippen LogP contribution in [0.5, 0.6) is 11.5 Å². The van der Waals surface area contributed by atoms with Crippen molar-refractivity contribution in [2.75, 3.05) is 26.2 Å². The van der Waals surface area contributed by atoms with Gasteiger partial charge in [0.1, 0.15) is 35.7 Å². The minimum atomic E-state index is -0.879. The van der Waals surface area contributed by atoms with Gasteiger partial charge in [-0.3, -0.25) is 9.69 Å². The highest BCUT2D eigenvalue weighted by molar-refractivity contribution is 5.87. The number of rotatable bonds is 12. The highest BCUT2D eigenvalue weighted by atomic mass is 16.6. The third-order valence-electron chi connectivity index (χ3n) is 9.44. The van der Waals surface area contributed by atoms with Gasteiger partial charge in [-0.05, 0) is 84.9 Å². The van der Waals surface area contributed by atoms with Crippen molar-refractivity contribution in [3.05, 3.63) is 130 Å². The molecule has 3 aliphatic heterocycles. The number of benzene rings is 3. The largest absolute Gasteiger partial charge is 0.506 e. The molecule has 2 unspecified atom stereocenters. The van der Waals surface area contributed by atoms with Crippen LogP contribution in [0.4, 0.5) is 4.79 Å². The molecule has 8 rings (SSSR count). The first-order chi connectivity index (χ1) is 23.9. The highest BCUT2D eigenvalue weighted by Gasteiger charge is 2.37. The van der Waals surface area contributed by atoms with Crippen LogP contribution in [0, 0.1) is 5.92 Å². The second kappa shape index (κ2) is 14.6. The Labute approximate surface area is 283 Å². The molecule has 3 atom stereocenters. The Balaban J connectivity index is 0.948. The summed E-state index contributed by atoms with van der Waals surface area (Å²) in [4.78, 5) is 29.8. The SMILES string of the molecule is O=C(N[C@@H](c1ccccc1)c1cccc(OCc2ccc(CNCC(O)c3ccc(O)c4[nH]c(=O)ccc34)o2)c1)OC1CN2CCC1CC2. The van der Waals surface area contributed by atoms with E-state index >= 15 is 0 Å². The number of aliphatic hydroxyl groups excluding tert-OH is 1. The number of aromatic hydroxyl groups is 1. The van der Waals surface area contributed by atoms with E-state index < -0.39 is 18.2 Å². The minimum absolute atomic E-state index is 0.0547. The maximum atomic E-state index is 13.2. The van der Waals surface area contributed by atoms with Crippen molar-refractivity contribution in [1.82, 2.24) is 20.5 Å². The summed E-state index contributed by atoms with van der Waals surface area (Å²) in [6.45, 7) is 3.76. The number of furan rings is 1. The number of hydrogen-bond donors (Lipinski definition) is 5. The first kappa shape index (κ1) is 32.4. The zero-order valence-corrected chi connectivity index (χ0v) is 27.0. The third kappa shape index (κ3) is 7.64. The quantitative estimate of drug-likeness (QED) is 0.122. The van der Waals surface area contributed by atoms with Gasteiger partial charge in [0.25, 0.3) is 0 Å². The summed E-state index contributed by atoms with van der Waals surface area (Å²) in [5.74, 6) is 2.31. The Bertz CT molecular complexity index is 1950. The average Bonchev–Trinajstić information content (AvgIpc) is 3.58. The number of fused-ring (bicyclic) bond motifs is 4. The lowest BCUT2D eigenvalue weighted by Gasteiger charge is -2.43. The molecule has 5 N–H and O–H groups in total. The number of phenolic OH excluding ortho intramolecular Hbond substituents is 1. The zero-order valence-electron chi connectivity index (χ0n) is 27.0. The Hall–Kier alpha value is -5.10. The number of alkyl carbamates (subject to hydrolysis) is 1. The van der Waals surface area contributed by atoms with E-state index in [1.54, 1.807) is 12.1 Å². The van der Waals surface area contributed by atoms with Crippen molar-refractivity contribution in [3.63, 3.8) is 0 Å². The summed E-state index contributed by atoms with van der Waals surface area (Å²) in [5, 5.41) is 27.8. The molecule has 3 fully saturated rings. The van der Waals surface area contributed by atoms with Gasteiger partial charge in [-0.1, -0.05) is 48.5 Å². The van der Waals surface area contributed by atoms with E-state index in [0.29, 0.717) is 46.2 Å². The number of aliphatic hydroxyl groups is 1. The molecule has 3 aromatic carbocycles. The van der Waals surface area contributed by atoms with Crippen molar-refractivity contribution in [2.45, 2.75) is 44.2 Å². The number of carbonyl (C=O) groups excluding carboxylic acids is 1. The summed E-state index contributed by atoms with van der Waals surface area (Å²) in [6.07, 6.45) is 0.755. The predicted molar refractivity (Wildman–Crippen MR) is 183 cm³/mol. The van der Waals surface area contributed by atoms with Gasteiger partial charge in [-0.15, -0.1) is 0 Å². The second-order valence-corrected chi connectivity index (χ2v) is 12.7. The number of pyridine rings is 1. The molecule has 11 heteroatoms. The number of H-pyrrole nitrogens is 1. The Morgan fingerprint density at radius 1 is 0.959 bits per heavy atom. The Morgan fingerprint density at radius 3 is 2.55 bits per heavy atom. The monoisotopic (exact) mass is 664 g/mol. The Kier molecular flexibility index (Phi) is 9.65. The van der Waals surface area contributed by atoms with Gasteiger partial charge in [0.15, 0.2) is 0 Å². The van der Waals surface area contributed by atoms with Crippen LogP contribution in [-0.2, 0) is 17.9 Å². The van der Waals surface area contributed by atoms with Gasteiger partial charge in [0, 0.05) is 24.5 Å². The summed E-state index contributed by atoms with van der Waals surface area (Å²) in [6, 6.07) is 26.8. The molecule has 3 saturated heterocycles. The van der Waals surface area contributed by atoms with Crippen LogP contribution in [0.25, 0.3) is 10.9 Å². The fourth-order valence-corrected chi connectivity index (χ4v) is 6.86. The van der Waals surface area contributed by atoms with Crippen LogP contribution >= 0.6 is 0 Å². The number of aromatic amines is 1. The number of phenols is 1. The first-order valence-electron chi connectivity index (χ1n) is 16.7. The molecule has 0 aliphatic carbocycles. The minimum Gasteiger partial charge on any atom is -0.506 e. The van der Waals surface area contributed by atoms with Crippen LogP contribution in [-0.4, -0.2) is 58.5 Å². The molecule has 3 aliphatic rings. The summed E-state index contributed by atoms with van der Waals surface area (Å²) < 4.78 is 18.0. The fourth-order valence-electron chi connectivity index (χ4n) is 6.86. The van der Waals surface area contributed by atoms with E-state index in [4.69, 9.17) is 13.9 Å². The molecule has 2 aromatic heterocycles. The van der Waals surface area contributed by atoms with E-state index in [1.807, 2.05) is 66.7 Å². The van der Waals surface area contributed by atoms with E-state index in [0.717, 1.165) is 43.6 Å². The number of amides is 1. The van der Waals surface area contributed by atoms with Gasteiger partial charge in [0.05, 0.1) is 24.2 Å². The molecule has 11 nitrogen and oxygen atoms in total. The van der Waals surface area contributed by atoms with Crippen LogP contribution in [0.2, 0.25) is 0 Å². The maximum Gasteiger partial charge on any atom is 0.408 e. The first-order valence-corrected chi connectivity index (χ1v) is 16.7. The average molecular weight is 665 g/mol. The molecular formula is C38H40N4O7. The van der Waals surface area contributed by atoms with Crippen LogP contribution < -0.4 is 20.9 Å². The van der Waals surface area contributed by atoms with Crippen LogP contribution in [0.1, 0.15) is 53.2 Å². The molecular weight excluding hydrogens is 624 g/mol. The van der Waals surface area contributed by atoms with Gasteiger partial charge >= 0.3 is 6.09 Å². The van der Waals surface area contributed by atoms with Gasteiger partial charge in [-0.2, -0.15) is 0 Å². The number of aromatic nitrogens is 1. The van der Waals surface area contributed by atoms with Crippen molar-refractivity contribution >= 4 is 17.0 Å². The normalized spacial score (nSPS) is 19.7. The number of carbonyl (C=O) groups is 1. The highest BCUT2D eigenvalue weighted by Crippen LogP contribution is 2.31. The lowest BCUT2D eigenvalue weighted by atomic mass is 9.86.